The first-order valence-electron chi connectivity index (χ1n) is 8.08. The van der Waals surface area contributed by atoms with Gasteiger partial charge in [-0.1, -0.05) is 18.2 Å². The van der Waals surface area contributed by atoms with Gasteiger partial charge in [-0.05, 0) is 43.3 Å². The van der Waals surface area contributed by atoms with Crippen molar-refractivity contribution in [2.24, 2.45) is 0 Å². The van der Waals surface area contributed by atoms with Gasteiger partial charge in [0.1, 0.15) is 5.82 Å². The highest BCUT2D eigenvalue weighted by molar-refractivity contribution is 6.04. The largest absolute Gasteiger partial charge is 0.322 e. The molecule has 26 heavy (non-hydrogen) atoms. The molecule has 1 amide bonds. The van der Waals surface area contributed by atoms with Gasteiger partial charge < -0.3 is 5.32 Å². The molecule has 5 nitrogen and oxygen atoms in total. The smallest absolute Gasteiger partial charge is 0.255 e. The lowest BCUT2D eigenvalue weighted by Gasteiger charge is -2.06. The van der Waals surface area contributed by atoms with Gasteiger partial charge in [-0.25, -0.2) is 14.4 Å². The summed E-state index contributed by atoms with van der Waals surface area (Å²) in [4.78, 5) is 21.1. The molecule has 0 aliphatic heterocycles. The second-order valence-corrected chi connectivity index (χ2v) is 5.94. The maximum atomic E-state index is 13.2. The van der Waals surface area contributed by atoms with Crippen LogP contribution in [-0.2, 0) is 0 Å². The Morgan fingerprint density at radius 1 is 1.08 bits per heavy atom. The molecule has 0 spiro atoms. The summed E-state index contributed by atoms with van der Waals surface area (Å²) in [5.41, 5.74) is 3.52. The average Bonchev–Trinajstić information content (AvgIpc) is 3.05. The van der Waals surface area contributed by atoms with Gasteiger partial charge in [0.25, 0.3) is 5.91 Å². The van der Waals surface area contributed by atoms with E-state index in [1.807, 2.05) is 41.9 Å². The Morgan fingerprint density at radius 3 is 2.65 bits per heavy atom. The highest BCUT2D eigenvalue weighted by Gasteiger charge is 2.09. The van der Waals surface area contributed by atoms with Crippen LogP contribution in [0.25, 0.3) is 17.0 Å². The third-order valence-corrected chi connectivity index (χ3v) is 3.99. The first kappa shape index (κ1) is 16.0. The maximum absolute atomic E-state index is 13.2. The number of nitrogens with one attached hydrogen (secondary N) is 1. The molecule has 0 saturated heterocycles. The number of aromatic nitrogens is 3. The third kappa shape index (κ3) is 3.17. The van der Waals surface area contributed by atoms with Crippen molar-refractivity contribution < 1.29 is 9.18 Å². The molecule has 0 aliphatic carbocycles. The number of anilines is 1. The highest BCUT2D eigenvalue weighted by Crippen LogP contribution is 2.21. The number of imidazole rings is 1. The van der Waals surface area contributed by atoms with Crippen LogP contribution in [0, 0.1) is 12.7 Å². The summed E-state index contributed by atoms with van der Waals surface area (Å²) in [6.07, 6.45) is 3.82. The summed E-state index contributed by atoms with van der Waals surface area (Å²) in [5, 5.41) is 2.75. The predicted octanol–water partition coefficient (Wildman–Crippen LogP) is 4.10. The first-order valence-corrected chi connectivity index (χ1v) is 8.08. The summed E-state index contributed by atoms with van der Waals surface area (Å²) in [6, 6.07) is 14.8. The van der Waals surface area contributed by atoms with Gasteiger partial charge in [-0.15, -0.1) is 0 Å². The van der Waals surface area contributed by atoms with Gasteiger partial charge in [0.15, 0.2) is 0 Å². The van der Waals surface area contributed by atoms with Crippen LogP contribution in [0.4, 0.5) is 10.1 Å². The van der Waals surface area contributed by atoms with E-state index in [0.717, 1.165) is 17.0 Å². The number of nitrogens with zero attached hydrogens (tertiary/aromatic N) is 3. The molecule has 4 rings (SSSR count). The number of fused-ring (bicyclic) bond motifs is 1. The van der Waals surface area contributed by atoms with Crippen LogP contribution >= 0.6 is 0 Å². The summed E-state index contributed by atoms with van der Waals surface area (Å²) in [6.45, 7) is 1.92. The van der Waals surface area contributed by atoms with Crippen molar-refractivity contribution in [1.29, 1.82) is 0 Å². The SMILES string of the molecule is Cc1ccn2cc(-c3ccc(NC(=O)c4cccc(F)c4)cc3)nc2n1. The summed E-state index contributed by atoms with van der Waals surface area (Å²) in [7, 11) is 0. The summed E-state index contributed by atoms with van der Waals surface area (Å²) >= 11 is 0. The van der Waals surface area contributed by atoms with Gasteiger partial charge in [-0.3, -0.25) is 9.20 Å². The molecule has 0 fully saturated rings. The third-order valence-electron chi connectivity index (χ3n) is 3.99. The average molecular weight is 346 g/mol. The molecule has 0 unspecified atom stereocenters. The maximum Gasteiger partial charge on any atom is 0.255 e. The van der Waals surface area contributed by atoms with E-state index >= 15 is 0 Å². The molecular formula is C20H15FN4O. The number of halogens is 1. The molecule has 0 saturated carbocycles. The van der Waals surface area contributed by atoms with Crippen LogP contribution < -0.4 is 5.32 Å². The zero-order valence-corrected chi connectivity index (χ0v) is 14.0. The first-order chi connectivity index (χ1) is 12.6. The predicted molar refractivity (Wildman–Crippen MR) is 97.5 cm³/mol. The van der Waals surface area contributed by atoms with Gasteiger partial charge in [0.2, 0.25) is 5.78 Å². The van der Waals surface area contributed by atoms with Gasteiger partial charge in [0.05, 0.1) is 5.69 Å². The van der Waals surface area contributed by atoms with Crippen LogP contribution in [0.2, 0.25) is 0 Å². The van der Waals surface area contributed by atoms with Crippen molar-refractivity contribution >= 4 is 17.4 Å². The van der Waals surface area contributed by atoms with E-state index in [1.165, 1.54) is 18.2 Å². The molecule has 0 aliphatic rings. The van der Waals surface area contributed by atoms with E-state index in [1.54, 1.807) is 18.2 Å². The molecule has 0 radical (unpaired) electrons. The molecule has 4 aromatic rings. The lowest BCUT2D eigenvalue weighted by Crippen LogP contribution is -2.11. The molecular weight excluding hydrogens is 331 g/mol. The molecule has 6 heteroatoms. The Hall–Kier alpha value is -3.54. The Bertz CT molecular complexity index is 1100. The lowest BCUT2D eigenvalue weighted by atomic mass is 10.1. The zero-order chi connectivity index (χ0) is 18.1. The van der Waals surface area contributed by atoms with E-state index in [9.17, 15) is 9.18 Å². The van der Waals surface area contributed by atoms with E-state index in [4.69, 9.17) is 0 Å². The van der Waals surface area contributed by atoms with E-state index in [2.05, 4.69) is 15.3 Å². The molecule has 1 N–H and O–H groups in total. The molecule has 0 bridgehead atoms. The number of rotatable bonds is 3. The van der Waals surface area contributed by atoms with Crippen molar-refractivity contribution in [3.05, 3.63) is 84.1 Å². The minimum Gasteiger partial charge on any atom is -0.322 e. The summed E-state index contributed by atoms with van der Waals surface area (Å²) < 4.78 is 15.1. The topological polar surface area (TPSA) is 59.3 Å². The number of aryl methyl sites for hydroxylation is 1. The van der Waals surface area contributed by atoms with E-state index < -0.39 is 5.82 Å². The molecule has 0 atom stereocenters. The Balaban J connectivity index is 1.55. The van der Waals surface area contributed by atoms with Crippen LogP contribution in [0.3, 0.4) is 0 Å². The number of amides is 1. The summed E-state index contributed by atoms with van der Waals surface area (Å²) in [5.74, 6) is -0.156. The zero-order valence-electron chi connectivity index (χ0n) is 14.0. The van der Waals surface area contributed by atoms with Gasteiger partial charge in [-0.2, -0.15) is 0 Å². The molecule has 128 valence electrons. The fraction of sp³-hybridized carbons (Fsp3) is 0.0500. The molecule has 2 aromatic heterocycles. The fourth-order valence-electron chi connectivity index (χ4n) is 2.66. The van der Waals surface area contributed by atoms with Crippen molar-refractivity contribution in [3.63, 3.8) is 0 Å². The standard InChI is InChI=1S/C20H15FN4O/c1-13-9-10-25-12-18(24-20(25)22-13)14-5-7-17(8-6-14)23-19(26)15-3-2-4-16(21)11-15/h2-12H,1H3,(H,23,26). The van der Waals surface area contributed by atoms with Crippen LogP contribution in [0.15, 0.2) is 67.0 Å². The lowest BCUT2D eigenvalue weighted by molar-refractivity contribution is 0.102. The quantitative estimate of drug-likeness (QED) is 0.608. The Morgan fingerprint density at radius 2 is 1.88 bits per heavy atom. The molecule has 2 aromatic carbocycles. The number of carbonyl (C=O) groups is 1. The minimum absolute atomic E-state index is 0.274. The monoisotopic (exact) mass is 346 g/mol. The molecule has 2 heterocycles. The van der Waals surface area contributed by atoms with Crippen molar-refractivity contribution in [1.82, 2.24) is 14.4 Å². The second kappa shape index (κ2) is 6.40. The Labute approximate surface area is 149 Å². The second-order valence-electron chi connectivity index (χ2n) is 5.94. The van der Waals surface area contributed by atoms with E-state index in [-0.39, 0.29) is 11.5 Å². The number of hydrogen-bond acceptors (Lipinski definition) is 3. The van der Waals surface area contributed by atoms with Crippen molar-refractivity contribution in [2.75, 3.05) is 5.32 Å². The van der Waals surface area contributed by atoms with E-state index in [0.29, 0.717) is 11.5 Å². The highest BCUT2D eigenvalue weighted by atomic mass is 19.1. The number of carbonyl (C=O) groups excluding carboxylic acids is 1. The fourth-order valence-corrected chi connectivity index (χ4v) is 2.66. The number of benzene rings is 2. The van der Waals surface area contributed by atoms with Crippen LogP contribution in [-0.4, -0.2) is 20.3 Å². The van der Waals surface area contributed by atoms with Crippen molar-refractivity contribution in [3.8, 4) is 11.3 Å². The van der Waals surface area contributed by atoms with Crippen molar-refractivity contribution in [2.45, 2.75) is 6.92 Å². The van der Waals surface area contributed by atoms with Gasteiger partial charge >= 0.3 is 0 Å². The minimum atomic E-state index is -0.441. The Kier molecular flexibility index (Phi) is 3.93. The normalized spacial score (nSPS) is 10.8. The van der Waals surface area contributed by atoms with Crippen LogP contribution in [0.1, 0.15) is 16.1 Å². The van der Waals surface area contributed by atoms with Crippen LogP contribution in [0.5, 0.6) is 0 Å². The number of hydrogen-bond donors (Lipinski definition) is 1. The van der Waals surface area contributed by atoms with Gasteiger partial charge in [0, 0.05) is 34.9 Å².